The van der Waals surface area contributed by atoms with Gasteiger partial charge in [0.1, 0.15) is 0 Å². The Bertz CT molecular complexity index is 238. The average molecular weight is 242 g/mol. The van der Waals surface area contributed by atoms with Crippen LogP contribution in [0.25, 0.3) is 0 Å². The summed E-state index contributed by atoms with van der Waals surface area (Å²) in [6, 6.07) is 0. The summed E-state index contributed by atoms with van der Waals surface area (Å²) >= 11 is 2.18. The topological polar surface area (TPSA) is 0 Å². The standard InChI is InChI=1S/C15H30S/c1-12-10-8-9-11-16-15(6,7)14(4,5)13(12,2)3/h12H,8-11H2,1-7H3. The Morgan fingerprint density at radius 1 is 0.938 bits per heavy atom. The first-order valence-electron chi connectivity index (χ1n) is 6.77. The molecule has 0 bridgehead atoms. The van der Waals surface area contributed by atoms with Crippen molar-refractivity contribution in [1.82, 2.24) is 0 Å². The van der Waals surface area contributed by atoms with E-state index in [-0.39, 0.29) is 0 Å². The molecule has 0 nitrogen and oxygen atoms in total. The molecule has 0 N–H and O–H groups in total. The van der Waals surface area contributed by atoms with Crippen LogP contribution in [0.2, 0.25) is 0 Å². The van der Waals surface area contributed by atoms with Crippen LogP contribution in [0.3, 0.4) is 0 Å². The fraction of sp³-hybridized carbons (Fsp3) is 1.00. The van der Waals surface area contributed by atoms with Crippen molar-refractivity contribution in [3.8, 4) is 0 Å². The van der Waals surface area contributed by atoms with Crippen LogP contribution in [-0.2, 0) is 0 Å². The van der Waals surface area contributed by atoms with E-state index in [1.165, 1.54) is 25.0 Å². The van der Waals surface area contributed by atoms with Crippen molar-refractivity contribution in [3.05, 3.63) is 0 Å². The maximum atomic E-state index is 2.48. The Labute approximate surface area is 107 Å². The third-order valence-electron chi connectivity index (χ3n) is 5.84. The normalized spacial score (nSPS) is 33.6. The zero-order chi connectivity index (χ0) is 12.6. The van der Waals surface area contributed by atoms with Crippen molar-refractivity contribution in [2.24, 2.45) is 16.7 Å². The molecule has 1 heteroatoms. The number of hydrogen-bond acceptors (Lipinski definition) is 1. The molecule has 1 unspecified atom stereocenters. The molecule has 1 fully saturated rings. The van der Waals surface area contributed by atoms with Crippen molar-refractivity contribution < 1.29 is 0 Å². The molecule has 0 aliphatic carbocycles. The van der Waals surface area contributed by atoms with E-state index in [0.29, 0.717) is 15.6 Å². The second kappa shape index (κ2) is 4.55. The summed E-state index contributed by atoms with van der Waals surface area (Å²) in [5, 5.41) is 0. The Hall–Kier alpha value is 0.350. The van der Waals surface area contributed by atoms with Gasteiger partial charge in [-0.3, -0.25) is 0 Å². The molecule has 0 amide bonds. The molecule has 0 spiro atoms. The first-order chi connectivity index (χ1) is 7.13. The van der Waals surface area contributed by atoms with Gasteiger partial charge in [0.25, 0.3) is 0 Å². The van der Waals surface area contributed by atoms with E-state index in [4.69, 9.17) is 0 Å². The highest BCUT2D eigenvalue weighted by molar-refractivity contribution is 8.00. The summed E-state index contributed by atoms with van der Waals surface area (Å²) in [4.78, 5) is 0. The molecule has 16 heavy (non-hydrogen) atoms. The number of rotatable bonds is 0. The first-order valence-corrected chi connectivity index (χ1v) is 7.75. The molecule has 0 saturated carbocycles. The maximum absolute atomic E-state index is 2.48. The minimum atomic E-state index is 0.369. The Balaban J connectivity index is 3.09. The highest BCUT2D eigenvalue weighted by atomic mass is 32.2. The highest BCUT2D eigenvalue weighted by Crippen LogP contribution is 2.57. The third kappa shape index (κ3) is 2.30. The molecule has 96 valence electrons. The van der Waals surface area contributed by atoms with E-state index < -0.39 is 0 Å². The quantitative estimate of drug-likeness (QED) is 0.550. The summed E-state index contributed by atoms with van der Waals surface area (Å²) in [6.45, 7) is 17.2. The molecule has 1 aliphatic rings. The van der Waals surface area contributed by atoms with Gasteiger partial charge in [-0.25, -0.2) is 0 Å². The fourth-order valence-electron chi connectivity index (χ4n) is 2.81. The van der Waals surface area contributed by atoms with Crippen LogP contribution in [0.1, 0.15) is 67.7 Å². The molecule has 1 atom stereocenters. The van der Waals surface area contributed by atoms with Gasteiger partial charge < -0.3 is 0 Å². The third-order valence-corrected chi connectivity index (χ3v) is 7.57. The first kappa shape index (κ1) is 14.4. The molecule has 1 rings (SSSR count). The van der Waals surface area contributed by atoms with Gasteiger partial charge in [0.05, 0.1) is 0 Å². The molecule has 0 aromatic heterocycles. The van der Waals surface area contributed by atoms with Gasteiger partial charge >= 0.3 is 0 Å². The van der Waals surface area contributed by atoms with E-state index in [1.807, 2.05) is 0 Å². The van der Waals surface area contributed by atoms with Crippen LogP contribution in [0.15, 0.2) is 0 Å². The fourth-order valence-corrected chi connectivity index (χ4v) is 4.30. The van der Waals surface area contributed by atoms with Crippen molar-refractivity contribution in [3.63, 3.8) is 0 Å². The lowest BCUT2D eigenvalue weighted by Gasteiger charge is -2.54. The van der Waals surface area contributed by atoms with Gasteiger partial charge in [-0.15, -0.1) is 0 Å². The molecule has 0 radical (unpaired) electrons. The molecule has 0 aromatic carbocycles. The smallest absolute Gasteiger partial charge is 0.0159 e. The summed E-state index contributed by atoms with van der Waals surface area (Å²) in [6.07, 6.45) is 4.20. The number of thioether (sulfide) groups is 1. The van der Waals surface area contributed by atoms with Crippen LogP contribution >= 0.6 is 11.8 Å². The largest absolute Gasteiger partial charge is 0.155 e. The van der Waals surface area contributed by atoms with E-state index in [0.717, 1.165) is 5.92 Å². The summed E-state index contributed by atoms with van der Waals surface area (Å²) < 4.78 is 0.370. The highest BCUT2D eigenvalue weighted by Gasteiger charge is 2.50. The molecule has 0 aromatic rings. The zero-order valence-electron chi connectivity index (χ0n) is 12.3. The summed E-state index contributed by atoms with van der Waals surface area (Å²) in [7, 11) is 0. The van der Waals surface area contributed by atoms with E-state index >= 15 is 0 Å². The van der Waals surface area contributed by atoms with Crippen LogP contribution < -0.4 is 0 Å². The minimum Gasteiger partial charge on any atom is -0.155 e. The van der Waals surface area contributed by atoms with Gasteiger partial charge in [-0.2, -0.15) is 11.8 Å². The van der Waals surface area contributed by atoms with Crippen molar-refractivity contribution in [1.29, 1.82) is 0 Å². The predicted octanol–water partition coefficient (Wildman–Crippen LogP) is 5.37. The second-order valence-electron chi connectivity index (χ2n) is 7.10. The summed E-state index contributed by atoms with van der Waals surface area (Å²) in [5.41, 5.74) is 0.780. The van der Waals surface area contributed by atoms with Crippen molar-refractivity contribution in [2.45, 2.75) is 72.5 Å². The SMILES string of the molecule is CC1CCCCSC(C)(C)C(C)(C)C1(C)C. The van der Waals surface area contributed by atoms with Gasteiger partial charge in [0, 0.05) is 4.75 Å². The van der Waals surface area contributed by atoms with E-state index in [9.17, 15) is 0 Å². The van der Waals surface area contributed by atoms with E-state index in [2.05, 4.69) is 60.2 Å². The predicted molar refractivity (Wildman–Crippen MR) is 77.1 cm³/mol. The van der Waals surface area contributed by atoms with Crippen LogP contribution in [0, 0.1) is 16.7 Å². The molecule has 1 aliphatic heterocycles. The lowest BCUT2D eigenvalue weighted by atomic mass is 9.56. The van der Waals surface area contributed by atoms with Crippen LogP contribution in [-0.4, -0.2) is 10.5 Å². The van der Waals surface area contributed by atoms with Crippen molar-refractivity contribution >= 4 is 11.8 Å². The number of hydrogen-bond donors (Lipinski definition) is 0. The van der Waals surface area contributed by atoms with Gasteiger partial charge in [-0.05, 0) is 28.9 Å². The zero-order valence-corrected chi connectivity index (χ0v) is 13.1. The molecule has 1 heterocycles. The average Bonchev–Trinajstić information content (AvgIpc) is 2.16. The van der Waals surface area contributed by atoms with Gasteiger partial charge in [0.15, 0.2) is 0 Å². The lowest BCUT2D eigenvalue weighted by Crippen LogP contribution is -2.49. The Kier molecular flexibility index (Phi) is 4.10. The molecular weight excluding hydrogens is 212 g/mol. The lowest BCUT2D eigenvalue weighted by molar-refractivity contribution is 0.0179. The Morgan fingerprint density at radius 2 is 1.50 bits per heavy atom. The molecule has 1 saturated heterocycles. The second-order valence-corrected chi connectivity index (χ2v) is 8.82. The molecular formula is C15H30S. The Morgan fingerprint density at radius 3 is 2.06 bits per heavy atom. The monoisotopic (exact) mass is 242 g/mol. The van der Waals surface area contributed by atoms with Gasteiger partial charge in [-0.1, -0.05) is 61.3 Å². The maximum Gasteiger partial charge on any atom is 0.0159 e. The van der Waals surface area contributed by atoms with Gasteiger partial charge in [0.2, 0.25) is 0 Å². The van der Waals surface area contributed by atoms with E-state index in [1.54, 1.807) is 0 Å². The summed E-state index contributed by atoms with van der Waals surface area (Å²) in [5.74, 6) is 2.15. The van der Waals surface area contributed by atoms with Crippen LogP contribution in [0.5, 0.6) is 0 Å². The minimum absolute atomic E-state index is 0.369. The van der Waals surface area contributed by atoms with Crippen molar-refractivity contribution in [2.75, 3.05) is 5.75 Å². The van der Waals surface area contributed by atoms with Crippen LogP contribution in [0.4, 0.5) is 0 Å².